The van der Waals surface area contributed by atoms with Gasteiger partial charge in [0.2, 0.25) is 0 Å². The molecule has 4 aromatic rings. The lowest BCUT2D eigenvalue weighted by molar-refractivity contribution is 0.284. The lowest BCUT2D eigenvalue weighted by Crippen LogP contribution is -2.13. The van der Waals surface area contributed by atoms with Gasteiger partial charge in [0, 0.05) is 18.7 Å². The quantitative estimate of drug-likeness (QED) is 0.345. The number of nitrogens with one attached hydrogen (secondary N) is 1. The van der Waals surface area contributed by atoms with E-state index < -0.39 is 0 Å². The highest BCUT2D eigenvalue weighted by Crippen LogP contribution is 2.21. The van der Waals surface area contributed by atoms with Crippen LogP contribution in [0, 0.1) is 5.92 Å². The minimum absolute atomic E-state index is 0.102. The summed E-state index contributed by atoms with van der Waals surface area (Å²) in [7, 11) is 0. The fourth-order valence-electron chi connectivity index (χ4n) is 3.54. The van der Waals surface area contributed by atoms with Gasteiger partial charge in [-0.25, -0.2) is 4.98 Å². The predicted molar refractivity (Wildman–Crippen MR) is 132 cm³/mol. The summed E-state index contributed by atoms with van der Waals surface area (Å²) >= 11 is 1.61. The Bertz CT molecular complexity index is 1260. The van der Waals surface area contributed by atoms with E-state index in [1.807, 2.05) is 30.3 Å². The van der Waals surface area contributed by atoms with Gasteiger partial charge in [-0.3, -0.25) is 4.79 Å². The highest BCUT2D eigenvalue weighted by Gasteiger charge is 2.15. The summed E-state index contributed by atoms with van der Waals surface area (Å²) in [5.74, 6) is 3.49. The van der Waals surface area contributed by atoms with Crippen LogP contribution in [-0.4, -0.2) is 30.5 Å². The molecule has 0 amide bonds. The molecule has 0 bridgehead atoms. The van der Waals surface area contributed by atoms with E-state index in [9.17, 15) is 4.79 Å². The Labute approximate surface area is 197 Å². The van der Waals surface area contributed by atoms with Crippen LogP contribution in [0.3, 0.4) is 0 Å². The molecule has 0 aliphatic rings. The van der Waals surface area contributed by atoms with Crippen LogP contribution >= 0.6 is 11.8 Å². The van der Waals surface area contributed by atoms with Crippen molar-refractivity contribution in [2.45, 2.75) is 51.9 Å². The number of aromatic nitrogens is 5. The van der Waals surface area contributed by atoms with E-state index in [1.54, 1.807) is 17.8 Å². The number of aromatic amines is 1. The minimum atomic E-state index is -0.102. The lowest BCUT2D eigenvalue weighted by Gasteiger charge is -2.13. The molecular weight excluding hydrogens is 434 g/mol. The molecule has 0 aliphatic carbocycles. The molecular formula is C25H29N5O2S. The Morgan fingerprint density at radius 1 is 1.09 bits per heavy atom. The lowest BCUT2D eigenvalue weighted by atomic mass is 10.2. The normalized spacial score (nSPS) is 11.4. The van der Waals surface area contributed by atoms with E-state index in [0.29, 0.717) is 30.2 Å². The summed E-state index contributed by atoms with van der Waals surface area (Å²) in [5.41, 5.74) is 1.90. The van der Waals surface area contributed by atoms with E-state index in [0.717, 1.165) is 41.0 Å². The van der Waals surface area contributed by atoms with Crippen molar-refractivity contribution in [1.29, 1.82) is 0 Å². The van der Waals surface area contributed by atoms with Crippen molar-refractivity contribution in [3.05, 3.63) is 76.1 Å². The van der Waals surface area contributed by atoms with Crippen molar-refractivity contribution < 1.29 is 4.74 Å². The number of para-hydroxylation sites is 1. The van der Waals surface area contributed by atoms with Gasteiger partial charge in [0.05, 0.1) is 10.9 Å². The van der Waals surface area contributed by atoms with Gasteiger partial charge in [0.15, 0.2) is 11.0 Å². The van der Waals surface area contributed by atoms with E-state index >= 15 is 0 Å². The van der Waals surface area contributed by atoms with Crippen molar-refractivity contribution in [1.82, 2.24) is 24.7 Å². The number of thioether (sulfide) groups is 1. The molecule has 0 radical (unpaired) electrons. The summed E-state index contributed by atoms with van der Waals surface area (Å²) in [6, 6.07) is 15.5. The van der Waals surface area contributed by atoms with Gasteiger partial charge in [-0.2, -0.15) is 0 Å². The third-order valence-corrected chi connectivity index (χ3v) is 6.24. The maximum atomic E-state index is 12.3. The average Bonchev–Trinajstić information content (AvgIpc) is 3.18. The van der Waals surface area contributed by atoms with Crippen LogP contribution in [0.2, 0.25) is 0 Å². The van der Waals surface area contributed by atoms with Crippen LogP contribution in [0.4, 0.5) is 0 Å². The highest BCUT2D eigenvalue weighted by atomic mass is 32.2. The number of aryl methyl sites for hydroxylation is 2. The number of nitrogens with zero attached hydrogens (tertiary/aromatic N) is 4. The molecule has 8 heteroatoms. The van der Waals surface area contributed by atoms with Crippen molar-refractivity contribution in [2.24, 2.45) is 5.92 Å². The van der Waals surface area contributed by atoms with Gasteiger partial charge >= 0.3 is 0 Å². The van der Waals surface area contributed by atoms with Crippen LogP contribution in [-0.2, 0) is 26.0 Å². The highest BCUT2D eigenvalue weighted by molar-refractivity contribution is 7.99. The molecule has 2 aromatic heterocycles. The third-order valence-electron chi connectivity index (χ3n) is 5.27. The molecule has 4 rings (SSSR count). The second-order valence-corrected chi connectivity index (χ2v) is 9.38. The summed E-state index contributed by atoms with van der Waals surface area (Å²) in [4.78, 5) is 19.8. The standard InChI is InChI=1S/C25H29N5O2S/c1-4-18-9-11-19(12-10-18)32-16-23-28-29-25(30(23)15-17(2)3)33-14-13-22-26-21-8-6-5-7-20(21)24(31)27-22/h5-12,17H,4,13-16H2,1-3H3,(H,26,27,31). The van der Waals surface area contributed by atoms with Gasteiger partial charge in [0.1, 0.15) is 18.2 Å². The van der Waals surface area contributed by atoms with Crippen LogP contribution in [0.5, 0.6) is 5.75 Å². The zero-order chi connectivity index (χ0) is 23.2. The SMILES string of the molecule is CCc1ccc(OCc2nnc(SCCc3nc4ccccc4c(=O)[nH]3)n2CC(C)C)cc1. The van der Waals surface area contributed by atoms with Crippen molar-refractivity contribution in [3.8, 4) is 5.75 Å². The van der Waals surface area contributed by atoms with E-state index in [4.69, 9.17) is 4.74 Å². The molecule has 1 N–H and O–H groups in total. The van der Waals surface area contributed by atoms with Crippen LogP contribution in [0.15, 0.2) is 58.5 Å². The molecule has 0 atom stereocenters. The summed E-state index contributed by atoms with van der Waals surface area (Å²) in [6.07, 6.45) is 1.64. The van der Waals surface area contributed by atoms with Crippen LogP contribution in [0.1, 0.15) is 38.0 Å². The Balaban J connectivity index is 1.42. The average molecular weight is 464 g/mol. The minimum Gasteiger partial charge on any atom is -0.486 e. The Morgan fingerprint density at radius 3 is 2.64 bits per heavy atom. The van der Waals surface area contributed by atoms with Crippen LogP contribution in [0.25, 0.3) is 10.9 Å². The molecule has 0 aliphatic heterocycles. The molecule has 0 saturated carbocycles. The zero-order valence-electron chi connectivity index (χ0n) is 19.2. The number of hydrogen-bond donors (Lipinski definition) is 1. The summed E-state index contributed by atoms with van der Waals surface area (Å²) in [6.45, 7) is 7.66. The molecule has 172 valence electrons. The van der Waals surface area contributed by atoms with Gasteiger partial charge in [0.25, 0.3) is 5.56 Å². The second kappa shape index (κ2) is 10.7. The van der Waals surface area contributed by atoms with Gasteiger partial charge in [-0.05, 0) is 42.2 Å². The zero-order valence-corrected chi connectivity index (χ0v) is 20.1. The third kappa shape index (κ3) is 5.82. The number of ether oxygens (including phenoxy) is 1. The second-order valence-electron chi connectivity index (χ2n) is 8.32. The molecule has 7 nitrogen and oxygen atoms in total. The molecule has 0 saturated heterocycles. The molecule has 0 unspecified atom stereocenters. The van der Waals surface area contributed by atoms with Crippen molar-refractivity contribution >= 4 is 22.7 Å². The maximum Gasteiger partial charge on any atom is 0.258 e. The predicted octanol–water partition coefficient (Wildman–Crippen LogP) is 4.65. The molecule has 0 spiro atoms. The number of hydrogen-bond acceptors (Lipinski definition) is 6. The first kappa shape index (κ1) is 23.0. The van der Waals surface area contributed by atoms with Crippen molar-refractivity contribution in [3.63, 3.8) is 0 Å². The smallest absolute Gasteiger partial charge is 0.258 e. The topological polar surface area (TPSA) is 85.7 Å². The summed E-state index contributed by atoms with van der Waals surface area (Å²) < 4.78 is 8.10. The first-order chi connectivity index (χ1) is 16.0. The first-order valence-corrected chi connectivity index (χ1v) is 12.3. The Kier molecular flexibility index (Phi) is 7.44. The number of fused-ring (bicyclic) bond motifs is 1. The fourth-order valence-corrected chi connectivity index (χ4v) is 4.45. The number of rotatable bonds is 10. The first-order valence-electron chi connectivity index (χ1n) is 11.3. The molecule has 2 aromatic carbocycles. The van der Waals surface area contributed by atoms with Crippen LogP contribution < -0.4 is 10.3 Å². The Morgan fingerprint density at radius 2 is 1.88 bits per heavy atom. The van der Waals surface area contributed by atoms with E-state index in [1.165, 1.54) is 5.56 Å². The molecule has 0 fully saturated rings. The molecule has 2 heterocycles. The maximum absolute atomic E-state index is 12.3. The monoisotopic (exact) mass is 463 g/mol. The molecule has 33 heavy (non-hydrogen) atoms. The number of H-pyrrole nitrogens is 1. The van der Waals surface area contributed by atoms with E-state index in [2.05, 4.69) is 57.6 Å². The Hall–Kier alpha value is -3.13. The van der Waals surface area contributed by atoms with Gasteiger partial charge < -0.3 is 14.3 Å². The van der Waals surface area contributed by atoms with Gasteiger partial charge in [-0.15, -0.1) is 10.2 Å². The summed E-state index contributed by atoms with van der Waals surface area (Å²) in [5, 5.41) is 10.3. The van der Waals surface area contributed by atoms with Crippen molar-refractivity contribution in [2.75, 3.05) is 5.75 Å². The van der Waals surface area contributed by atoms with Gasteiger partial charge in [-0.1, -0.05) is 56.8 Å². The fraction of sp³-hybridized carbons (Fsp3) is 0.360. The largest absolute Gasteiger partial charge is 0.486 e. The number of benzene rings is 2. The van der Waals surface area contributed by atoms with E-state index in [-0.39, 0.29) is 5.56 Å².